The van der Waals surface area contributed by atoms with E-state index in [4.69, 9.17) is 4.74 Å². The molecule has 2 heterocycles. The van der Waals surface area contributed by atoms with Gasteiger partial charge in [-0.2, -0.15) is 13.2 Å². The maximum Gasteiger partial charge on any atom is 0.416 e. The Kier molecular flexibility index (Phi) is 12.8. The van der Waals surface area contributed by atoms with Gasteiger partial charge in [0.2, 0.25) is 5.91 Å². The number of allylic oxidation sites excluding steroid dienone is 2. The normalized spacial score (nSPS) is 18.4. The molecule has 294 valence electrons. The first kappa shape index (κ1) is 40.1. The summed E-state index contributed by atoms with van der Waals surface area (Å²) in [5.74, 6) is 0.492. The number of anilines is 1. The molecule has 6 rings (SSSR count). The zero-order valence-corrected chi connectivity index (χ0v) is 31.5. The minimum absolute atomic E-state index is 0.00911. The third kappa shape index (κ3) is 10.2. The van der Waals surface area contributed by atoms with Crippen LogP contribution in [-0.2, 0) is 28.7 Å². The molecule has 56 heavy (non-hydrogen) atoms. The number of nitrogens with one attached hydrogen (secondary N) is 1. The number of aliphatic carboxylic acids is 1. The fraction of sp³-hybridized carbons (Fsp3) is 0.395. The Morgan fingerprint density at radius 1 is 0.893 bits per heavy atom. The predicted octanol–water partition coefficient (Wildman–Crippen LogP) is 8.87. The van der Waals surface area contributed by atoms with E-state index in [1.54, 1.807) is 12.1 Å². The van der Waals surface area contributed by atoms with E-state index in [9.17, 15) is 32.7 Å². The minimum Gasteiger partial charge on any atom is -0.497 e. The number of rotatable bonds is 13. The van der Waals surface area contributed by atoms with E-state index < -0.39 is 42.5 Å². The van der Waals surface area contributed by atoms with Gasteiger partial charge < -0.3 is 20.1 Å². The molecule has 0 aliphatic heterocycles. The summed E-state index contributed by atoms with van der Waals surface area (Å²) in [6.07, 6.45) is 12.2. The van der Waals surface area contributed by atoms with Crippen molar-refractivity contribution < 1.29 is 37.4 Å². The highest BCUT2D eigenvalue weighted by Gasteiger charge is 2.34. The molecule has 10 nitrogen and oxygen atoms in total. The molecule has 0 radical (unpaired) electrons. The van der Waals surface area contributed by atoms with Gasteiger partial charge in [-0.25, -0.2) is 15.0 Å². The van der Waals surface area contributed by atoms with Gasteiger partial charge in [0, 0.05) is 30.1 Å². The Morgan fingerprint density at radius 3 is 2.21 bits per heavy atom. The van der Waals surface area contributed by atoms with Gasteiger partial charge in [0.1, 0.15) is 18.0 Å². The highest BCUT2D eigenvalue weighted by Crippen LogP contribution is 2.42. The van der Waals surface area contributed by atoms with Crippen LogP contribution >= 0.6 is 0 Å². The van der Waals surface area contributed by atoms with E-state index in [0.717, 1.165) is 52.7 Å². The molecule has 1 saturated carbocycles. The highest BCUT2D eigenvalue weighted by atomic mass is 19.4. The predicted molar refractivity (Wildman–Crippen MR) is 205 cm³/mol. The van der Waals surface area contributed by atoms with Crippen molar-refractivity contribution >= 4 is 29.0 Å². The van der Waals surface area contributed by atoms with Gasteiger partial charge in [-0.3, -0.25) is 14.4 Å². The van der Waals surface area contributed by atoms with Crippen molar-refractivity contribution in [3.8, 4) is 17.1 Å². The van der Waals surface area contributed by atoms with Crippen LogP contribution in [0.2, 0.25) is 0 Å². The summed E-state index contributed by atoms with van der Waals surface area (Å²) >= 11 is 0. The number of carbonyl (C=O) groups excluding carboxylic acids is 2. The molecule has 2 N–H and O–H groups in total. The fourth-order valence-electron chi connectivity index (χ4n) is 7.83. The van der Waals surface area contributed by atoms with Gasteiger partial charge in [-0.05, 0) is 90.8 Å². The van der Waals surface area contributed by atoms with Crippen LogP contribution in [0.3, 0.4) is 0 Å². The number of methoxy groups -OCH3 is 1. The van der Waals surface area contributed by atoms with Crippen LogP contribution < -0.4 is 10.1 Å². The van der Waals surface area contributed by atoms with E-state index in [2.05, 4.69) is 33.3 Å². The maximum absolute atomic E-state index is 13.6. The molecule has 1 atom stereocenters. The molecule has 1 unspecified atom stereocenters. The first-order chi connectivity index (χ1) is 26.9. The summed E-state index contributed by atoms with van der Waals surface area (Å²) in [6, 6.07) is 13.2. The monoisotopic (exact) mass is 769 g/mol. The van der Waals surface area contributed by atoms with E-state index in [0.29, 0.717) is 11.4 Å². The lowest BCUT2D eigenvalue weighted by Crippen LogP contribution is -2.35. The van der Waals surface area contributed by atoms with Crippen molar-refractivity contribution in [3.63, 3.8) is 0 Å². The molecular weight excluding hydrogens is 723 g/mol. The summed E-state index contributed by atoms with van der Waals surface area (Å²) < 4.78 is 45.6. The lowest BCUT2D eigenvalue weighted by Gasteiger charge is -2.35. The minimum atomic E-state index is -4.69. The number of halogens is 3. The van der Waals surface area contributed by atoms with Crippen molar-refractivity contribution in [2.24, 2.45) is 17.8 Å². The second-order valence-electron chi connectivity index (χ2n) is 14.7. The first-order valence-corrected chi connectivity index (χ1v) is 19.0. The number of pyridine rings is 1. The second kappa shape index (κ2) is 17.9. The van der Waals surface area contributed by atoms with Crippen LogP contribution in [0.5, 0.6) is 5.75 Å². The van der Waals surface area contributed by atoms with Crippen LogP contribution in [0.25, 0.3) is 17.0 Å². The molecule has 2 aliphatic rings. The van der Waals surface area contributed by atoms with Crippen LogP contribution in [0, 0.1) is 17.8 Å². The summed E-state index contributed by atoms with van der Waals surface area (Å²) in [5.41, 5.74) is 2.64. The number of hydrogen-bond acceptors (Lipinski definition) is 7. The van der Waals surface area contributed by atoms with E-state index >= 15 is 0 Å². The number of carboxylic acid groups (broad SMARTS) is 1. The fourth-order valence-corrected chi connectivity index (χ4v) is 7.83. The van der Waals surface area contributed by atoms with Crippen molar-refractivity contribution in [1.82, 2.24) is 19.9 Å². The maximum atomic E-state index is 13.6. The van der Waals surface area contributed by atoms with Gasteiger partial charge in [0.25, 0.3) is 5.91 Å². The number of carbonyl (C=O) groups is 3. The summed E-state index contributed by atoms with van der Waals surface area (Å²) in [4.78, 5) is 52.2. The molecule has 2 aromatic carbocycles. The molecule has 2 aromatic heterocycles. The van der Waals surface area contributed by atoms with Crippen LogP contribution in [0.4, 0.5) is 18.9 Å². The summed E-state index contributed by atoms with van der Waals surface area (Å²) in [6.45, 7) is 1.69. The topological polar surface area (TPSA) is 135 Å². The highest BCUT2D eigenvalue weighted by molar-refractivity contribution is 5.95. The zero-order valence-electron chi connectivity index (χ0n) is 31.5. The van der Waals surface area contributed by atoms with Gasteiger partial charge in [-0.15, -0.1) is 0 Å². The standard InChI is InChI=1S/C43H46F3N5O5/c1-3-27-4-8-29(9-5-27)30-12-14-31(15-13-30)34-22-48-41(49-23-34)32-10-6-28(7-11-32)25-51(26-40(53)54)42(55)38-19-17-35(24-47-38)50-39(52)20-33-16-18-36(56-2)21-37(33)43(44,45)46/h6-7,10-11,14,16-19,21-24,27,29-30H,3-5,8-9,12-13,15,20,25-26H2,1-2H3,(H,50,52)(H,53,54)/t27-,29-,30?. The lowest BCUT2D eigenvalue weighted by molar-refractivity contribution is -0.139. The summed E-state index contributed by atoms with van der Waals surface area (Å²) in [7, 11) is 1.25. The van der Waals surface area contributed by atoms with E-state index in [-0.39, 0.29) is 29.2 Å². The number of carboxylic acids is 1. The Bertz CT molecular complexity index is 2030. The lowest BCUT2D eigenvalue weighted by atomic mass is 9.71. The quantitative estimate of drug-likeness (QED) is 0.138. The Morgan fingerprint density at radius 2 is 1.62 bits per heavy atom. The Labute approximate surface area is 324 Å². The Balaban J connectivity index is 1.04. The van der Waals surface area contributed by atoms with Crippen molar-refractivity contribution in [2.45, 2.75) is 77.4 Å². The average Bonchev–Trinajstić information content (AvgIpc) is 3.20. The number of aromatic nitrogens is 3. The van der Waals surface area contributed by atoms with Gasteiger partial charge in [-0.1, -0.05) is 62.6 Å². The van der Waals surface area contributed by atoms with Crippen molar-refractivity contribution in [1.29, 1.82) is 0 Å². The molecular formula is C43H46F3N5O5. The van der Waals surface area contributed by atoms with Crippen LogP contribution in [0.1, 0.15) is 91.0 Å². The average molecular weight is 770 g/mol. The largest absolute Gasteiger partial charge is 0.497 e. The number of amides is 2. The zero-order chi connectivity index (χ0) is 39.8. The molecule has 2 amide bonds. The molecule has 13 heteroatoms. The van der Waals surface area contributed by atoms with Gasteiger partial charge in [0.05, 0.1) is 31.0 Å². The number of hydrogen-bond donors (Lipinski definition) is 2. The third-order valence-electron chi connectivity index (χ3n) is 11.0. The molecule has 2 aliphatic carbocycles. The summed E-state index contributed by atoms with van der Waals surface area (Å²) in [5, 5.41) is 12.0. The molecule has 0 saturated heterocycles. The van der Waals surface area contributed by atoms with Crippen LogP contribution in [-0.4, -0.2) is 56.4 Å². The van der Waals surface area contributed by atoms with Crippen molar-refractivity contribution in [2.75, 3.05) is 19.0 Å². The van der Waals surface area contributed by atoms with Gasteiger partial charge >= 0.3 is 12.1 Å². The molecule has 4 aromatic rings. The molecule has 1 fully saturated rings. The number of ether oxygens (including phenoxy) is 1. The SMILES string of the molecule is CC[C@H]1CC[C@H](C2CC=C(c3cnc(-c4ccc(CN(CC(=O)O)C(=O)c5ccc(NC(=O)Cc6ccc(OC)cc6C(F)(F)F)cn5)cc4)nc3)CC2)CC1. The first-order valence-electron chi connectivity index (χ1n) is 19.0. The number of benzene rings is 2. The molecule has 0 spiro atoms. The van der Waals surface area contributed by atoms with Gasteiger partial charge in [0.15, 0.2) is 5.82 Å². The second-order valence-corrected chi connectivity index (χ2v) is 14.7. The number of alkyl halides is 3. The Hall–Kier alpha value is -5.59. The van der Waals surface area contributed by atoms with Crippen LogP contribution in [0.15, 0.2) is 79.3 Å². The molecule has 0 bridgehead atoms. The van der Waals surface area contributed by atoms with Crippen molar-refractivity contribution in [3.05, 3.63) is 107 Å². The van der Waals surface area contributed by atoms with E-state index in [1.807, 2.05) is 24.5 Å². The van der Waals surface area contributed by atoms with E-state index in [1.165, 1.54) is 81.7 Å². The number of nitrogens with zero attached hydrogens (tertiary/aromatic N) is 4. The smallest absolute Gasteiger partial charge is 0.416 e. The third-order valence-corrected chi connectivity index (χ3v) is 11.0.